The Hall–Kier alpha value is -0.380. The highest BCUT2D eigenvalue weighted by molar-refractivity contribution is 5.03. The molecule has 0 aliphatic carbocycles. The van der Waals surface area contributed by atoms with Crippen molar-refractivity contribution in [2.24, 2.45) is 0 Å². The van der Waals surface area contributed by atoms with Crippen LogP contribution in [0.2, 0.25) is 0 Å². The number of hydrogen-bond donors (Lipinski definition) is 1. The summed E-state index contributed by atoms with van der Waals surface area (Å²) in [5, 5.41) is 8.70. The summed E-state index contributed by atoms with van der Waals surface area (Å²) < 4.78 is 10.8. The van der Waals surface area contributed by atoms with Crippen LogP contribution in [0.25, 0.3) is 0 Å². The molecule has 1 aliphatic rings. The molecule has 3 heteroatoms. The summed E-state index contributed by atoms with van der Waals surface area (Å²) in [5.41, 5.74) is -0.282. The van der Waals surface area contributed by atoms with Gasteiger partial charge in [0.25, 0.3) is 0 Å². The third-order valence-electron chi connectivity index (χ3n) is 2.30. The van der Waals surface area contributed by atoms with Gasteiger partial charge in [0.15, 0.2) is 0 Å². The molecule has 1 heterocycles. The molecular formula is C10H18O3. The zero-order chi connectivity index (χ0) is 9.57. The van der Waals surface area contributed by atoms with E-state index in [1.807, 2.05) is 6.08 Å². The van der Waals surface area contributed by atoms with Crippen molar-refractivity contribution >= 4 is 0 Å². The molecule has 0 bridgehead atoms. The molecule has 13 heavy (non-hydrogen) atoms. The van der Waals surface area contributed by atoms with Gasteiger partial charge in [0.05, 0.1) is 13.2 Å². The van der Waals surface area contributed by atoms with Gasteiger partial charge in [-0.2, -0.15) is 0 Å². The molecule has 1 fully saturated rings. The summed E-state index contributed by atoms with van der Waals surface area (Å²) in [5.74, 6) is 0. The van der Waals surface area contributed by atoms with Gasteiger partial charge in [-0.25, -0.2) is 0 Å². The Morgan fingerprint density at radius 3 is 2.92 bits per heavy atom. The van der Waals surface area contributed by atoms with Crippen LogP contribution in [-0.2, 0) is 9.47 Å². The molecule has 1 rings (SSSR count). The van der Waals surface area contributed by atoms with E-state index in [9.17, 15) is 0 Å². The first kappa shape index (κ1) is 10.7. The molecule has 1 saturated heterocycles. The van der Waals surface area contributed by atoms with E-state index in [-0.39, 0.29) is 12.2 Å². The third-order valence-corrected chi connectivity index (χ3v) is 2.30. The van der Waals surface area contributed by atoms with Gasteiger partial charge in [0, 0.05) is 13.7 Å². The van der Waals surface area contributed by atoms with Crippen LogP contribution in [-0.4, -0.2) is 37.6 Å². The minimum atomic E-state index is -0.282. The number of rotatable bonds is 4. The number of aliphatic hydroxyl groups excluding tert-OH is 1. The molecule has 3 nitrogen and oxygen atoms in total. The van der Waals surface area contributed by atoms with Crippen LogP contribution in [0.3, 0.4) is 0 Å². The van der Waals surface area contributed by atoms with E-state index in [1.165, 1.54) is 6.42 Å². The van der Waals surface area contributed by atoms with Crippen LogP contribution in [0.1, 0.15) is 19.3 Å². The molecule has 1 N–H and O–H groups in total. The zero-order valence-corrected chi connectivity index (χ0v) is 8.16. The Kier molecular flexibility index (Phi) is 4.42. The third kappa shape index (κ3) is 3.10. The maximum Gasteiger partial charge on any atom is 0.110 e. The predicted molar refractivity (Wildman–Crippen MR) is 50.6 cm³/mol. The largest absolute Gasteiger partial charge is 0.392 e. The molecule has 1 aliphatic heterocycles. The van der Waals surface area contributed by atoms with Crippen molar-refractivity contribution in [1.82, 2.24) is 0 Å². The minimum absolute atomic E-state index is 0.0643. The Morgan fingerprint density at radius 2 is 2.38 bits per heavy atom. The number of ether oxygens (including phenoxy) is 2. The second-order valence-electron chi connectivity index (χ2n) is 3.39. The Labute approximate surface area is 79.3 Å². The molecule has 0 aromatic rings. The fraction of sp³-hybridized carbons (Fsp3) is 0.800. The summed E-state index contributed by atoms with van der Waals surface area (Å²) in [6.45, 7) is 1.43. The van der Waals surface area contributed by atoms with Gasteiger partial charge in [-0.1, -0.05) is 12.2 Å². The highest BCUT2D eigenvalue weighted by atomic mass is 16.5. The van der Waals surface area contributed by atoms with Gasteiger partial charge >= 0.3 is 0 Å². The average Bonchev–Trinajstić information content (AvgIpc) is 2.17. The fourth-order valence-corrected chi connectivity index (χ4v) is 1.68. The molecule has 0 spiro atoms. The molecule has 76 valence electrons. The first-order valence-electron chi connectivity index (χ1n) is 4.74. The summed E-state index contributed by atoms with van der Waals surface area (Å²) >= 11 is 0. The van der Waals surface area contributed by atoms with Crippen LogP contribution in [0.5, 0.6) is 0 Å². The summed E-state index contributed by atoms with van der Waals surface area (Å²) in [6.07, 6.45) is 6.93. The van der Waals surface area contributed by atoms with Crippen LogP contribution in [0, 0.1) is 0 Å². The highest BCUT2D eigenvalue weighted by Crippen LogP contribution is 2.26. The number of aliphatic hydroxyl groups is 1. The standard InChI is InChI=1S/C10H18O3/c1-12-9-10(6-4-7-11)5-2-3-8-13-10/h4,6,11H,2-3,5,7-9H2,1H3/b6-4+. The molecule has 0 amide bonds. The summed E-state index contributed by atoms with van der Waals surface area (Å²) in [7, 11) is 1.67. The van der Waals surface area contributed by atoms with Gasteiger partial charge in [-0.15, -0.1) is 0 Å². The maximum atomic E-state index is 8.70. The lowest BCUT2D eigenvalue weighted by Gasteiger charge is -2.34. The average molecular weight is 186 g/mol. The van der Waals surface area contributed by atoms with E-state index in [1.54, 1.807) is 13.2 Å². The van der Waals surface area contributed by atoms with E-state index in [0.717, 1.165) is 19.4 Å². The van der Waals surface area contributed by atoms with Crippen LogP contribution >= 0.6 is 0 Å². The first-order valence-corrected chi connectivity index (χ1v) is 4.74. The molecule has 0 aromatic heterocycles. The normalized spacial score (nSPS) is 29.7. The van der Waals surface area contributed by atoms with Gasteiger partial charge < -0.3 is 14.6 Å². The van der Waals surface area contributed by atoms with E-state index in [4.69, 9.17) is 14.6 Å². The highest BCUT2D eigenvalue weighted by Gasteiger charge is 2.30. The molecule has 1 atom stereocenters. The first-order chi connectivity index (χ1) is 6.33. The van der Waals surface area contributed by atoms with E-state index in [2.05, 4.69) is 0 Å². The number of hydrogen-bond acceptors (Lipinski definition) is 3. The van der Waals surface area contributed by atoms with Crippen molar-refractivity contribution in [2.45, 2.75) is 24.9 Å². The van der Waals surface area contributed by atoms with E-state index < -0.39 is 0 Å². The molecule has 0 saturated carbocycles. The monoisotopic (exact) mass is 186 g/mol. The SMILES string of the molecule is COCC1(/C=C/CO)CCCCO1. The quantitative estimate of drug-likeness (QED) is 0.669. The number of methoxy groups -OCH3 is 1. The fourth-order valence-electron chi connectivity index (χ4n) is 1.68. The van der Waals surface area contributed by atoms with E-state index >= 15 is 0 Å². The van der Waals surface area contributed by atoms with Gasteiger partial charge in [-0.3, -0.25) is 0 Å². The van der Waals surface area contributed by atoms with Crippen molar-refractivity contribution in [3.05, 3.63) is 12.2 Å². The van der Waals surface area contributed by atoms with Crippen molar-refractivity contribution in [3.8, 4) is 0 Å². The molecule has 1 unspecified atom stereocenters. The van der Waals surface area contributed by atoms with Crippen molar-refractivity contribution in [2.75, 3.05) is 26.9 Å². The smallest absolute Gasteiger partial charge is 0.110 e. The zero-order valence-electron chi connectivity index (χ0n) is 8.16. The van der Waals surface area contributed by atoms with Crippen molar-refractivity contribution in [3.63, 3.8) is 0 Å². The van der Waals surface area contributed by atoms with Crippen molar-refractivity contribution < 1.29 is 14.6 Å². The Bertz CT molecular complexity index is 154. The van der Waals surface area contributed by atoms with Gasteiger partial charge in [0.1, 0.15) is 5.60 Å². The second-order valence-corrected chi connectivity index (χ2v) is 3.39. The van der Waals surface area contributed by atoms with Crippen LogP contribution in [0.15, 0.2) is 12.2 Å². The summed E-state index contributed by atoms with van der Waals surface area (Å²) in [4.78, 5) is 0. The lowest BCUT2D eigenvalue weighted by atomic mass is 9.94. The lowest BCUT2D eigenvalue weighted by molar-refractivity contribution is -0.0834. The van der Waals surface area contributed by atoms with Crippen molar-refractivity contribution in [1.29, 1.82) is 0 Å². The lowest BCUT2D eigenvalue weighted by Crippen LogP contribution is -2.38. The van der Waals surface area contributed by atoms with Gasteiger partial charge in [-0.05, 0) is 19.3 Å². The molecule has 0 radical (unpaired) electrons. The van der Waals surface area contributed by atoms with Gasteiger partial charge in [0.2, 0.25) is 0 Å². The molecule has 0 aromatic carbocycles. The predicted octanol–water partition coefficient (Wildman–Crippen LogP) is 1.12. The summed E-state index contributed by atoms with van der Waals surface area (Å²) in [6, 6.07) is 0. The van der Waals surface area contributed by atoms with Crippen LogP contribution in [0.4, 0.5) is 0 Å². The Morgan fingerprint density at radius 1 is 1.54 bits per heavy atom. The van der Waals surface area contributed by atoms with Crippen LogP contribution < -0.4 is 0 Å². The maximum absolute atomic E-state index is 8.70. The second kappa shape index (κ2) is 5.37. The Balaban J connectivity index is 2.55. The minimum Gasteiger partial charge on any atom is -0.392 e. The molecular weight excluding hydrogens is 168 g/mol. The van der Waals surface area contributed by atoms with E-state index in [0.29, 0.717) is 6.61 Å². The topological polar surface area (TPSA) is 38.7 Å².